The van der Waals surface area contributed by atoms with Gasteiger partial charge in [0, 0.05) is 44.5 Å². The summed E-state index contributed by atoms with van der Waals surface area (Å²) in [5.74, 6) is 0.688. The number of ketones is 1. The minimum absolute atomic E-state index is 0.100. The Labute approximate surface area is 186 Å². The first-order valence-corrected chi connectivity index (χ1v) is 10.2. The van der Waals surface area contributed by atoms with Crippen molar-refractivity contribution in [1.29, 1.82) is 0 Å². The Morgan fingerprint density at radius 2 is 2.06 bits per heavy atom. The number of ether oxygens (including phenoxy) is 1. The second kappa shape index (κ2) is 8.31. The highest BCUT2D eigenvalue weighted by atomic mass is 79.9. The van der Waals surface area contributed by atoms with Gasteiger partial charge in [-0.15, -0.1) is 0 Å². The van der Waals surface area contributed by atoms with Gasteiger partial charge >= 0.3 is 6.09 Å². The van der Waals surface area contributed by atoms with Crippen LogP contribution in [0.2, 0.25) is 0 Å². The molecule has 3 heterocycles. The van der Waals surface area contributed by atoms with Crippen molar-refractivity contribution in [3.8, 4) is 17.3 Å². The lowest BCUT2D eigenvalue weighted by Crippen LogP contribution is -2.27. The predicted octanol–water partition coefficient (Wildman–Crippen LogP) is 3.69. The minimum Gasteiger partial charge on any atom is -0.391 e. The monoisotopic (exact) mass is 482 g/mol. The maximum Gasteiger partial charge on any atom is 0.414 e. The van der Waals surface area contributed by atoms with Crippen LogP contribution < -0.4 is 10.1 Å². The number of imidazole rings is 1. The third kappa shape index (κ3) is 4.19. The molecule has 3 aromatic heterocycles. The molecule has 9 nitrogen and oxygen atoms in total. The zero-order chi connectivity index (χ0) is 22.1. The molecule has 10 heteroatoms. The zero-order valence-corrected chi connectivity index (χ0v) is 18.7. The number of aryl methyl sites for hydroxylation is 2. The Morgan fingerprint density at radius 1 is 1.26 bits per heavy atom. The van der Waals surface area contributed by atoms with E-state index in [1.165, 1.54) is 17.5 Å². The van der Waals surface area contributed by atoms with Crippen LogP contribution in [0.1, 0.15) is 28.7 Å². The first-order valence-electron chi connectivity index (χ1n) is 9.42. The van der Waals surface area contributed by atoms with Gasteiger partial charge in [0.15, 0.2) is 11.4 Å². The van der Waals surface area contributed by atoms with E-state index in [0.29, 0.717) is 15.8 Å². The van der Waals surface area contributed by atoms with Crippen molar-refractivity contribution in [2.24, 2.45) is 7.05 Å². The van der Waals surface area contributed by atoms with Crippen LogP contribution in [0, 0.1) is 6.92 Å². The molecule has 1 N–H and O–H groups in total. The van der Waals surface area contributed by atoms with Crippen LogP contribution in [-0.2, 0) is 13.6 Å². The summed E-state index contributed by atoms with van der Waals surface area (Å²) >= 11 is 3.40. The molecule has 4 rings (SSSR count). The van der Waals surface area contributed by atoms with Gasteiger partial charge in [0.25, 0.3) is 0 Å². The fourth-order valence-electron chi connectivity index (χ4n) is 3.09. The number of amides is 1. The van der Waals surface area contributed by atoms with Crippen molar-refractivity contribution >= 4 is 33.5 Å². The molecule has 0 aliphatic carbocycles. The second-order valence-electron chi connectivity index (χ2n) is 6.98. The zero-order valence-electron chi connectivity index (χ0n) is 17.1. The molecule has 31 heavy (non-hydrogen) atoms. The summed E-state index contributed by atoms with van der Waals surface area (Å²) in [5, 5.41) is 7.04. The van der Waals surface area contributed by atoms with E-state index < -0.39 is 6.09 Å². The summed E-state index contributed by atoms with van der Waals surface area (Å²) in [5.41, 5.74) is 3.07. The van der Waals surface area contributed by atoms with E-state index in [2.05, 4.69) is 36.3 Å². The molecule has 4 aromatic rings. The number of halogens is 1. The quantitative estimate of drug-likeness (QED) is 0.435. The Balaban J connectivity index is 1.52. The third-order valence-electron chi connectivity index (χ3n) is 4.66. The molecule has 0 aliphatic heterocycles. The summed E-state index contributed by atoms with van der Waals surface area (Å²) in [6.45, 7) is 3.44. The highest BCUT2D eigenvalue weighted by molar-refractivity contribution is 9.10. The van der Waals surface area contributed by atoms with E-state index >= 15 is 0 Å². The standard InChI is InChI=1S/C21H19BrN6O3/c1-12-18(22)20-25-16(13(2)29)10-17(28(20)26-12)31-21(30)24-11-14-5-4-6-15(9-14)19-23-7-8-27(19)3/h4-10H,11H2,1-3H3,(H,24,30). The third-order valence-corrected chi connectivity index (χ3v) is 5.59. The summed E-state index contributed by atoms with van der Waals surface area (Å²) in [4.78, 5) is 32.9. The van der Waals surface area contributed by atoms with E-state index in [9.17, 15) is 9.59 Å². The molecule has 0 aliphatic rings. The molecule has 0 atom stereocenters. The molecule has 158 valence electrons. The molecule has 0 bridgehead atoms. The molecule has 0 saturated heterocycles. The lowest BCUT2D eigenvalue weighted by molar-refractivity contribution is 0.101. The average molecular weight is 483 g/mol. The van der Waals surface area contributed by atoms with Crippen molar-refractivity contribution in [2.75, 3.05) is 0 Å². The van der Waals surface area contributed by atoms with Crippen LogP contribution in [0.5, 0.6) is 5.88 Å². The van der Waals surface area contributed by atoms with Gasteiger partial charge in [-0.1, -0.05) is 18.2 Å². The number of carbonyl (C=O) groups excluding carboxylic acids is 2. The van der Waals surface area contributed by atoms with Crippen LogP contribution in [0.25, 0.3) is 17.0 Å². The molecule has 1 amide bonds. The van der Waals surface area contributed by atoms with Crippen molar-refractivity contribution in [1.82, 2.24) is 29.5 Å². The smallest absolute Gasteiger partial charge is 0.391 e. The molecule has 0 fully saturated rings. The fourth-order valence-corrected chi connectivity index (χ4v) is 3.43. The molecule has 1 aromatic carbocycles. The predicted molar refractivity (Wildman–Crippen MR) is 117 cm³/mol. The Morgan fingerprint density at radius 3 is 2.77 bits per heavy atom. The minimum atomic E-state index is -0.673. The van der Waals surface area contributed by atoms with Crippen LogP contribution >= 0.6 is 15.9 Å². The number of fused-ring (bicyclic) bond motifs is 1. The van der Waals surface area contributed by atoms with E-state index in [4.69, 9.17) is 4.74 Å². The number of nitrogens with one attached hydrogen (secondary N) is 1. The molecular weight excluding hydrogens is 464 g/mol. The van der Waals surface area contributed by atoms with Crippen LogP contribution in [-0.4, -0.2) is 36.0 Å². The van der Waals surface area contributed by atoms with Gasteiger partial charge in [-0.25, -0.2) is 14.8 Å². The second-order valence-corrected chi connectivity index (χ2v) is 7.77. The molecule has 0 spiro atoms. The van der Waals surface area contributed by atoms with Crippen LogP contribution in [0.15, 0.2) is 47.2 Å². The van der Waals surface area contributed by atoms with Gasteiger partial charge in [0.1, 0.15) is 11.5 Å². The van der Waals surface area contributed by atoms with Crippen molar-refractivity contribution < 1.29 is 14.3 Å². The maximum atomic E-state index is 12.5. The molecule has 0 radical (unpaired) electrons. The maximum absolute atomic E-state index is 12.5. The van der Waals surface area contributed by atoms with Crippen LogP contribution in [0.4, 0.5) is 4.79 Å². The van der Waals surface area contributed by atoms with E-state index in [1.807, 2.05) is 42.1 Å². The van der Waals surface area contributed by atoms with Gasteiger partial charge in [0.2, 0.25) is 5.88 Å². The number of benzene rings is 1. The Bertz CT molecular complexity index is 1310. The van der Waals surface area contributed by atoms with Gasteiger partial charge in [-0.3, -0.25) is 4.79 Å². The van der Waals surface area contributed by atoms with Gasteiger partial charge in [-0.05, 0) is 34.5 Å². The summed E-state index contributed by atoms with van der Waals surface area (Å²) < 4.78 is 9.39. The number of aromatic nitrogens is 5. The first-order chi connectivity index (χ1) is 14.8. The summed E-state index contributed by atoms with van der Waals surface area (Å²) in [6.07, 6.45) is 2.93. The SMILES string of the molecule is CC(=O)c1cc(OC(=O)NCc2cccc(-c3nccn3C)c2)n2nc(C)c(Br)c2n1. The topological polar surface area (TPSA) is 103 Å². The lowest BCUT2D eigenvalue weighted by atomic mass is 10.1. The van der Waals surface area contributed by atoms with Gasteiger partial charge < -0.3 is 14.6 Å². The van der Waals surface area contributed by atoms with Gasteiger partial charge in [0.05, 0.1) is 10.2 Å². The first kappa shape index (κ1) is 20.7. The number of Topliss-reactive ketones (excluding diaryl/α,β-unsaturated/α-hetero) is 1. The molecule has 0 saturated carbocycles. The van der Waals surface area contributed by atoms with E-state index in [1.54, 1.807) is 13.1 Å². The van der Waals surface area contributed by atoms with Crippen molar-refractivity contribution in [2.45, 2.75) is 20.4 Å². The van der Waals surface area contributed by atoms with Crippen molar-refractivity contribution in [3.05, 3.63) is 64.1 Å². The summed E-state index contributed by atoms with van der Waals surface area (Å²) in [7, 11) is 1.92. The van der Waals surface area contributed by atoms with E-state index in [-0.39, 0.29) is 23.9 Å². The number of hydrogen-bond acceptors (Lipinski definition) is 6. The molecule has 0 unspecified atom stereocenters. The average Bonchev–Trinajstić information content (AvgIpc) is 3.30. The molecular formula is C21H19BrN6O3. The Hall–Kier alpha value is -3.53. The largest absolute Gasteiger partial charge is 0.414 e. The number of carbonyl (C=O) groups is 2. The highest BCUT2D eigenvalue weighted by Crippen LogP contribution is 2.25. The lowest BCUT2D eigenvalue weighted by Gasteiger charge is -2.10. The normalized spacial score (nSPS) is 11.0. The Kier molecular flexibility index (Phi) is 5.55. The van der Waals surface area contributed by atoms with Gasteiger partial charge in [-0.2, -0.15) is 9.61 Å². The van der Waals surface area contributed by atoms with Crippen LogP contribution in [0.3, 0.4) is 0 Å². The highest BCUT2D eigenvalue weighted by Gasteiger charge is 2.18. The van der Waals surface area contributed by atoms with E-state index in [0.717, 1.165) is 17.0 Å². The number of nitrogens with zero attached hydrogens (tertiary/aromatic N) is 5. The number of hydrogen-bond donors (Lipinski definition) is 1. The van der Waals surface area contributed by atoms with Crippen molar-refractivity contribution in [3.63, 3.8) is 0 Å². The summed E-state index contributed by atoms with van der Waals surface area (Å²) in [6, 6.07) is 9.12. The fraction of sp³-hybridized carbons (Fsp3) is 0.190. The number of rotatable bonds is 5.